The normalized spacial score (nSPS) is 11.3. The number of hydrogen-bond acceptors (Lipinski definition) is 7. The van der Waals surface area contributed by atoms with E-state index in [9.17, 15) is 18.3 Å². The molecule has 0 unspecified atom stereocenters. The van der Waals surface area contributed by atoms with E-state index in [1.54, 1.807) is 12.1 Å². The van der Waals surface area contributed by atoms with Gasteiger partial charge in [0.05, 0.1) is 32.0 Å². The van der Waals surface area contributed by atoms with Crippen LogP contribution in [-0.4, -0.2) is 34.7 Å². The Bertz CT molecular complexity index is 1000. The molecule has 0 bridgehead atoms. The maximum absolute atomic E-state index is 12.9. The molecule has 0 aromatic heterocycles. The van der Waals surface area contributed by atoms with Crippen molar-refractivity contribution in [1.82, 2.24) is 0 Å². The van der Waals surface area contributed by atoms with E-state index in [0.717, 1.165) is 6.08 Å². The molecule has 0 heterocycles. The zero-order valence-corrected chi connectivity index (χ0v) is 17.1. The van der Waals surface area contributed by atoms with Crippen LogP contribution in [-0.2, 0) is 14.8 Å². The van der Waals surface area contributed by atoms with Crippen LogP contribution in [0, 0.1) is 0 Å². The number of ether oxygens (including phenoxy) is 3. The van der Waals surface area contributed by atoms with Gasteiger partial charge in [0, 0.05) is 6.07 Å². The van der Waals surface area contributed by atoms with Crippen LogP contribution in [0.4, 0.5) is 5.69 Å². The number of hydrogen-bond donors (Lipinski definition) is 1. The molecule has 1 N–H and O–H groups in total. The molecule has 0 atom stereocenters. The van der Waals surface area contributed by atoms with Gasteiger partial charge in [0.25, 0.3) is 10.0 Å². The molecular formula is C20H22NO7S-. The lowest BCUT2D eigenvalue weighted by molar-refractivity contribution is -0.297. The molecule has 9 heteroatoms. The number of nitrogens with one attached hydrogen (secondary N) is 1. The second-order valence-electron chi connectivity index (χ2n) is 5.70. The summed E-state index contributed by atoms with van der Waals surface area (Å²) in [4.78, 5) is 10.5. The van der Waals surface area contributed by atoms with Gasteiger partial charge in [-0.3, -0.25) is 4.72 Å². The SMILES string of the molecule is CCOc1ccc(NS(=O)(=O)c2cc(C=CC(=O)[O-])ccc2OC)cc1OCC. The van der Waals surface area contributed by atoms with Crippen molar-refractivity contribution in [2.24, 2.45) is 0 Å². The van der Waals surface area contributed by atoms with Crippen molar-refractivity contribution in [2.75, 3.05) is 25.0 Å². The Morgan fingerprint density at radius 1 is 1.03 bits per heavy atom. The Morgan fingerprint density at radius 2 is 1.69 bits per heavy atom. The number of methoxy groups -OCH3 is 1. The van der Waals surface area contributed by atoms with E-state index in [2.05, 4.69) is 4.72 Å². The predicted octanol–water partition coefficient (Wildman–Crippen LogP) is 2.06. The van der Waals surface area contributed by atoms with Crippen LogP contribution in [0.1, 0.15) is 19.4 Å². The van der Waals surface area contributed by atoms with E-state index in [1.807, 2.05) is 13.8 Å². The fourth-order valence-electron chi connectivity index (χ4n) is 2.50. The fourth-order valence-corrected chi connectivity index (χ4v) is 3.75. The number of carbonyl (C=O) groups excluding carboxylic acids is 1. The van der Waals surface area contributed by atoms with Crippen molar-refractivity contribution >= 4 is 27.8 Å². The number of carboxylic acid groups (broad SMARTS) is 1. The van der Waals surface area contributed by atoms with Gasteiger partial charge in [-0.1, -0.05) is 12.1 Å². The van der Waals surface area contributed by atoms with Gasteiger partial charge in [0.2, 0.25) is 0 Å². The van der Waals surface area contributed by atoms with E-state index >= 15 is 0 Å². The summed E-state index contributed by atoms with van der Waals surface area (Å²) in [6.45, 7) is 4.47. The van der Waals surface area contributed by atoms with Crippen LogP contribution >= 0.6 is 0 Å². The molecule has 0 amide bonds. The Balaban J connectivity index is 2.41. The molecule has 0 radical (unpaired) electrons. The summed E-state index contributed by atoms with van der Waals surface area (Å²) in [7, 11) is -2.70. The monoisotopic (exact) mass is 420 g/mol. The molecule has 29 heavy (non-hydrogen) atoms. The predicted molar refractivity (Wildman–Crippen MR) is 107 cm³/mol. The van der Waals surface area contributed by atoms with E-state index in [1.165, 1.54) is 37.5 Å². The topological polar surface area (TPSA) is 114 Å². The molecule has 0 aliphatic carbocycles. The van der Waals surface area contributed by atoms with Gasteiger partial charge in [0.15, 0.2) is 11.5 Å². The second-order valence-corrected chi connectivity index (χ2v) is 7.35. The van der Waals surface area contributed by atoms with Gasteiger partial charge in [-0.15, -0.1) is 0 Å². The Labute approximate surface area is 169 Å². The molecule has 0 fully saturated rings. The third-order valence-corrected chi connectivity index (χ3v) is 5.09. The number of sulfonamides is 1. The maximum atomic E-state index is 12.9. The summed E-state index contributed by atoms with van der Waals surface area (Å²) in [5.41, 5.74) is 0.631. The van der Waals surface area contributed by atoms with Gasteiger partial charge in [0.1, 0.15) is 10.6 Å². The van der Waals surface area contributed by atoms with Crippen LogP contribution < -0.4 is 24.0 Å². The van der Waals surface area contributed by atoms with Crippen LogP contribution in [0.3, 0.4) is 0 Å². The lowest BCUT2D eigenvalue weighted by Crippen LogP contribution is -2.18. The number of carbonyl (C=O) groups is 1. The fraction of sp³-hybridized carbons (Fsp3) is 0.250. The zero-order valence-electron chi connectivity index (χ0n) is 16.3. The van der Waals surface area contributed by atoms with E-state index in [4.69, 9.17) is 14.2 Å². The van der Waals surface area contributed by atoms with Crippen molar-refractivity contribution in [2.45, 2.75) is 18.7 Å². The van der Waals surface area contributed by atoms with E-state index in [0.29, 0.717) is 30.3 Å². The highest BCUT2D eigenvalue weighted by molar-refractivity contribution is 7.92. The molecule has 2 rings (SSSR count). The minimum atomic E-state index is -4.04. The first-order valence-corrected chi connectivity index (χ1v) is 10.3. The van der Waals surface area contributed by atoms with Crippen molar-refractivity contribution in [3.63, 3.8) is 0 Å². The summed E-state index contributed by atoms with van der Waals surface area (Å²) in [6.07, 6.45) is 2.05. The molecule has 0 spiro atoms. The van der Waals surface area contributed by atoms with Crippen LogP contribution in [0.5, 0.6) is 17.2 Å². The molecule has 156 valence electrons. The lowest BCUT2D eigenvalue weighted by Gasteiger charge is -2.15. The van der Waals surface area contributed by atoms with E-state index in [-0.39, 0.29) is 16.3 Å². The number of anilines is 1. The van der Waals surface area contributed by atoms with Crippen LogP contribution in [0.2, 0.25) is 0 Å². The smallest absolute Gasteiger partial charge is 0.265 e. The van der Waals surface area contributed by atoms with Crippen molar-refractivity contribution in [3.8, 4) is 17.2 Å². The van der Waals surface area contributed by atoms with Gasteiger partial charge < -0.3 is 24.1 Å². The largest absolute Gasteiger partial charge is 0.545 e. The van der Waals surface area contributed by atoms with Crippen molar-refractivity contribution in [1.29, 1.82) is 0 Å². The molecule has 0 saturated heterocycles. The summed E-state index contributed by atoms with van der Waals surface area (Å²) in [5, 5.41) is 10.6. The maximum Gasteiger partial charge on any atom is 0.265 e. The highest BCUT2D eigenvalue weighted by Crippen LogP contribution is 2.33. The first-order valence-electron chi connectivity index (χ1n) is 8.80. The van der Waals surface area contributed by atoms with Gasteiger partial charge in [-0.05, 0) is 49.8 Å². The van der Waals surface area contributed by atoms with Gasteiger partial charge in [-0.25, -0.2) is 8.42 Å². The zero-order chi connectivity index (χ0) is 21.4. The summed E-state index contributed by atoms with van der Waals surface area (Å²) in [6, 6.07) is 8.96. The molecule has 2 aromatic carbocycles. The Hall–Kier alpha value is -3.20. The van der Waals surface area contributed by atoms with Crippen LogP contribution in [0.25, 0.3) is 6.08 Å². The number of rotatable bonds is 10. The summed E-state index contributed by atoms with van der Waals surface area (Å²) >= 11 is 0. The number of aliphatic carboxylic acids is 1. The molecule has 8 nitrogen and oxygen atoms in total. The minimum Gasteiger partial charge on any atom is -0.545 e. The van der Waals surface area contributed by atoms with E-state index < -0.39 is 16.0 Å². The average molecular weight is 420 g/mol. The first-order chi connectivity index (χ1) is 13.8. The average Bonchev–Trinajstić information content (AvgIpc) is 2.68. The van der Waals surface area contributed by atoms with Crippen LogP contribution in [0.15, 0.2) is 47.4 Å². The highest BCUT2D eigenvalue weighted by Gasteiger charge is 2.21. The first kappa shape index (κ1) is 22.1. The third kappa shape index (κ3) is 5.89. The van der Waals surface area contributed by atoms with Gasteiger partial charge in [-0.2, -0.15) is 0 Å². The Morgan fingerprint density at radius 3 is 2.31 bits per heavy atom. The van der Waals surface area contributed by atoms with Gasteiger partial charge >= 0.3 is 0 Å². The molecule has 0 aliphatic rings. The van der Waals surface area contributed by atoms with Crippen molar-refractivity contribution < 1.29 is 32.5 Å². The van der Waals surface area contributed by atoms with Crippen molar-refractivity contribution in [3.05, 3.63) is 48.0 Å². The number of benzene rings is 2. The highest BCUT2D eigenvalue weighted by atomic mass is 32.2. The molecule has 0 saturated carbocycles. The quantitative estimate of drug-likeness (QED) is 0.585. The second kappa shape index (κ2) is 9.83. The molecular weight excluding hydrogens is 398 g/mol. The minimum absolute atomic E-state index is 0.110. The standard InChI is InChI=1S/C20H23NO7S/c1-4-27-16-10-8-15(13-18(16)28-5-2)21-29(24,25)19-12-14(7-11-20(22)23)6-9-17(19)26-3/h6-13,21H,4-5H2,1-3H3,(H,22,23)/p-1. The number of carboxylic acids is 1. The summed E-state index contributed by atoms with van der Waals surface area (Å²) < 4.78 is 44.5. The molecule has 2 aromatic rings. The molecule has 0 aliphatic heterocycles. The third-order valence-electron chi connectivity index (χ3n) is 3.68. The Kier molecular flexibility index (Phi) is 7.49. The summed E-state index contributed by atoms with van der Waals surface area (Å²) in [5.74, 6) is -0.364. The lowest BCUT2D eigenvalue weighted by atomic mass is 10.2.